The van der Waals surface area contributed by atoms with E-state index in [9.17, 15) is 5.11 Å². The average Bonchev–Trinajstić information content (AvgIpc) is 2.12. The van der Waals surface area contributed by atoms with E-state index in [2.05, 4.69) is 0 Å². The summed E-state index contributed by atoms with van der Waals surface area (Å²) in [7, 11) is 0. The van der Waals surface area contributed by atoms with Crippen molar-refractivity contribution in [1.29, 1.82) is 0 Å². The molecule has 0 aromatic heterocycles. The van der Waals surface area contributed by atoms with E-state index in [1.54, 1.807) is 6.92 Å². The molecule has 0 saturated heterocycles. The Morgan fingerprint density at radius 1 is 1.29 bits per heavy atom. The van der Waals surface area contributed by atoms with Crippen LogP contribution in [0.5, 0.6) is 0 Å². The Balaban J connectivity index is 3.12. The minimum atomic E-state index is -0.621. The first-order valence-electron chi connectivity index (χ1n) is 4.63. The molecule has 0 unspecified atom stereocenters. The molecule has 0 radical (unpaired) electrons. The summed E-state index contributed by atoms with van der Waals surface area (Å²) < 4.78 is 0. The normalized spacial score (nSPS) is 15.3. The van der Waals surface area contributed by atoms with Crippen molar-refractivity contribution in [3.05, 3.63) is 33.8 Å². The topological polar surface area (TPSA) is 46.2 Å². The zero-order chi connectivity index (χ0) is 10.9. The van der Waals surface area contributed by atoms with E-state index in [1.807, 2.05) is 26.0 Å². The summed E-state index contributed by atoms with van der Waals surface area (Å²) in [4.78, 5) is 0. The predicted molar refractivity (Wildman–Crippen MR) is 59.5 cm³/mol. The van der Waals surface area contributed by atoms with Crippen molar-refractivity contribution in [2.75, 3.05) is 0 Å². The third-order valence-electron chi connectivity index (χ3n) is 2.30. The highest BCUT2D eigenvalue weighted by Crippen LogP contribution is 2.25. The Hall–Kier alpha value is -0.570. The highest BCUT2D eigenvalue weighted by atomic mass is 35.5. The molecule has 0 aliphatic heterocycles. The molecule has 0 amide bonds. The van der Waals surface area contributed by atoms with Crippen LogP contribution in [0.1, 0.15) is 29.7 Å². The molecular weight excluding hydrogens is 198 g/mol. The lowest BCUT2D eigenvalue weighted by atomic mass is 9.99. The van der Waals surface area contributed by atoms with Crippen LogP contribution in [0.15, 0.2) is 12.1 Å². The number of hydrogen-bond acceptors (Lipinski definition) is 2. The number of hydrogen-bond donors (Lipinski definition) is 2. The second-order valence-electron chi connectivity index (χ2n) is 3.77. The van der Waals surface area contributed by atoms with E-state index in [0.29, 0.717) is 0 Å². The van der Waals surface area contributed by atoms with Crippen LogP contribution >= 0.6 is 11.6 Å². The van der Waals surface area contributed by atoms with Crippen molar-refractivity contribution in [2.24, 2.45) is 5.73 Å². The number of benzene rings is 1. The largest absolute Gasteiger partial charge is 0.387 e. The Bertz CT molecular complexity index is 313. The number of aliphatic hydroxyl groups excluding tert-OH is 1. The lowest BCUT2D eigenvalue weighted by Crippen LogP contribution is -2.24. The predicted octanol–water partition coefficient (Wildman–Crippen LogP) is 2.34. The quantitative estimate of drug-likeness (QED) is 0.792. The molecule has 0 spiro atoms. The highest BCUT2D eigenvalue weighted by Gasteiger charge is 2.14. The minimum Gasteiger partial charge on any atom is -0.387 e. The standard InChI is InChI=1S/C11H16ClNO/c1-6-4-9(11(14)8(3)13)5-7(2)10(6)12/h4-5,8,11,14H,13H2,1-3H3/t8-,11-/m0/s1. The molecule has 1 rings (SSSR count). The van der Waals surface area contributed by atoms with Crippen molar-refractivity contribution in [2.45, 2.75) is 32.9 Å². The third-order valence-corrected chi connectivity index (χ3v) is 2.89. The lowest BCUT2D eigenvalue weighted by Gasteiger charge is -2.16. The van der Waals surface area contributed by atoms with E-state index in [-0.39, 0.29) is 6.04 Å². The van der Waals surface area contributed by atoms with E-state index in [0.717, 1.165) is 21.7 Å². The maximum absolute atomic E-state index is 9.77. The van der Waals surface area contributed by atoms with Crippen LogP contribution in [0.25, 0.3) is 0 Å². The summed E-state index contributed by atoms with van der Waals surface area (Å²) in [5.74, 6) is 0. The number of nitrogens with two attached hydrogens (primary N) is 1. The van der Waals surface area contributed by atoms with Gasteiger partial charge in [0.05, 0.1) is 6.10 Å². The van der Waals surface area contributed by atoms with Gasteiger partial charge in [-0.1, -0.05) is 23.7 Å². The van der Waals surface area contributed by atoms with Crippen LogP contribution < -0.4 is 5.73 Å². The molecule has 0 aliphatic carbocycles. The van der Waals surface area contributed by atoms with Crippen LogP contribution in [-0.2, 0) is 0 Å². The van der Waals surface area contributed by atoms with Crippen LogP contribution in [-0.4, -0.2) is 11.1 Å². The number of halogens is 1. The zero-order valence-corrected chi connectivity index (χ0v) is 9.47. The SMILES string of the molecule is Cc1cc([C@@H](O)[C@H](C)N)cc(C)c1Cl. The first-order chi connectivity index (χ1) is 6.43. The fraction of sp³-hybridized carbons (Fsp3) is 0.455. The Kier molecular flexibility index (Phi) is 3.53. The molecule has 0 heterocycles. The van der Waals surface area contributed by atoms with Gasteiger partial charge in [0.25, 0.3) is 0 Å². The molecule has 1 aromatic carbocycles. The van der Waals surface area contributed by atoms with Gasteiger partial charge >= 0.3 is 0 Å². The number of aliphatic hydroxyl groups is 1. The Morgan fingerprint density at radius 2 is 1.71 bits per heavy atom. The Labute approximate surface area is 89.7 Å². The molecule has 1 aromatic rings. The number of aryl methyl sites for hydroxylation is 2. The minimum absolute atomic E-state index is 0.269. The summed E-state index contributed by atoms with van der Waals surface area (Å²) in [5.41, 5.74) is 8.40. The maximum Gasteiger partial charge on any atom is 0.0938 e. The van der Waals surface area contributed by atoms with Gasteiger partial charge in [-0.2, -0.15) is 0 Å². The van der Waals surface area contributed by atoms with Gasteiger partial charge in [0.1, 0.15) is 0 Å². The van der Waals surface area contributed by atoms with Gasteiger partial charge in [0.15, 0.2) is 0 Å². The van der Waals surface area contributed by atoms with Gasteiger partial charge in [0, 0.05) is 11.1 Å². The van der Waals surface area contributed by atoms with Crippen LogP contribution in [0.3, 0.4) is 0 Å². The van der Waals surface area contributed by atoms with Crippen LogP contribution in [0.2, 0.25) is 5.02 Å². The fourth-order valence-corrected chi connectivity index (χ4v) is 1.56. The van der Waals surface area contributed by atoms with E-state index in [4.69, 9.17) is 17.3 Å². The van der Waals surface area contributed by atoms with Crippen molar-refractivity contribution in [3.63, 3.8) is 0 Å². The first kappa shape index (κ1) is 11.5. The molecule has 3 N–H and O–H groups in total. The second kappa shape index (κ2) is 4.30. The average molecular weight is 214 g/mol. The molecule has 0 saturated carbocycles. The molecule has 0 bridgehead atoms. The summed E-state index contributed by atoms with van der Waals surface area (Å²) in [6.45, 7) is 5.63. The summed E-state index contributed by atoms with van der Waals surface area (Å²) >= 11 is 6.02. The first-order valence-corrected chi connectivity index (χ1v) is 5.01. The van der Waals surface area contributed by atoms with Crippen LogP contribution in [0.4, 0.5) is 0 Å². The van der Waals surface area contributed by atoms with E-state index in [1.165, 1.54) is 0 Å². The van der Waals surface area contributed by atoms with Gasteiger partial charge in [0.2, 0.25) is 0 Å². The molecule has 14 heavy (non-hydrogen) atoms. The van der Waals surface area contributed by atoms with Crippen molar-refractivity contribution >= 4 is 11.6 Å². The summed E-state index contributed by atoms with van der Waals surface area (Å²) in [5, 5.41) is 10.5. The molecule has 3 heteroatoms. The molecule has 78 valence electrons. The molecule has 0 aliphatic rings. The van der Waals surface area contributed by atoms with Crippen molar-refractivity contribution < 1.29 is 5.11 Å². The second-order valence-corrected chi connectivity index (χ2v) is 4.15. The van der Waals surface area contributed by atoms with Crippen molar-refractivity contribution in [1.82, 2.24) is 0 Å². The van der Waals surface area contributed by atoms with Gasteiger partial charge in [-0.15, -0.1) is 0 Å². The zero-order valence-electron chi connectivity index (χ0n) is 8.71. The Morgan fingerprint density at radius 3 is 2.07 bits per heavy atom. The molecule has 0 fully saturated rings. The smallest absolute Gasteiger partial charge is 0.0938 e. The third kappa shape index (κ3) is 2.27. The molecular formula is C11H16ClNO. The van der Waals surface area contributed by atoms with E-state index < -0.39 is 6.10 Å². The molecule has 2 atom stereocenters. The van der Waals surface area contributed by atoms with Gasteiger partial charge in [-0.25, -0.2) is 0 Å². The monoisotopic (exact) mass is 213 g/mol. The van der Waals surface area contributed by atoms with E-state index >= 15 is 0 Å². The maximum atomic E-state index is 9.77. The highest BCUT2D eigenvalue weighted by molar-refractivity contribution is 6.32. The molecule has 2 nitrogen and oxygen atoms in total. The van der Waals surface area contributed by atoms with Crippen molar-refractivity contribution in [3.8, 4) is 0 Å². The van der Waals surface area contributed by atoms with Crippen LogP contribution in [0, 0.1) is 13.8 Å². The van der Waals surface area contributed by atoms with Gasteiger partial charge < -0.3 is 10.8 Å². The summed E-state index contributed by atoms with van der Waals surface area (Å²) in [6.07, 6.45) is -0.621. The summed E-state index contributed by atoms with van der Waals surface area (Å²) in [6, 6.07) is 3.49. The lowest BCUT2D eigenvalue weighted by molar-refractivity contribution is 0.153. The fourth-order valence-electron chi connectivity index (χ4n) is 1.45. The van der Waals surface area contributed by atoms with Gasteiger partial charge in [-0.3, -0.25) is 0 Å². The van der Waals surface area contributed by atoms with Gasteiger partial charge in [-0.05, 0) is 37.5 Å². The number of rotatable bonds is 2.